The average molecular weight is 461 g/mol. The molecule has 0 bridgehead atoms. The number of thiophene rings is 1. The van der Waals surface area contributed by atoms with E-state index in [1.54, 1.807) is 35.2 Å². The van der Waals surface area contributed by atoms with Crippen molar-refractivity contribution < 1.29 is 22.4 Å². The molecule has 9 nitrogen and oxygen atoms in total. The fourth-order valence-corrected chi connectivity index (χ4v) is 5.26. The minimum Gasteiger partial charge on any atom is -0.459 e. The third-order valence-corrected chi connectivity index (χ3v) is 7.54. The first-order chi connectivity index (χ1) is 14.7. The number of hydrogen-bond donors (Lipinski definition) is 3. The Balaban J connectivity index is 1.41. The molecule has 0 aliphatic carbocycles. The first kappa shape index (κ1) is 21.1. The molecule has 0 saturated heterocycles. The molecule has 1 aliphatic rings. The van der Waals surface area contributed by atoms with Crippen molar-refractivity contribution in [2.45, 2.75) is 24.1 Å². The summed E-state index contributed by atoms with van der Waals surface area (Å²) in [6.07, 6.45) is 2.00. The lowest BCUT2D eigenvalue weighted by Crippen LogP contribution is -2.38. The molecule has 0 fully saturated rings. The highest BCUT2D eigenvalue weighted by atomic mass is 32.2. The summed E-state index contributed by atoms with van der Waals surface area (Å²) in [5.41, 5.74) is 2.76. The molecule has 0 unspecified atom stereocenters. The number of carbonyl (C=O) groups excluding carboxylic acids is 2. The van der Waals surface area contributed by atoms with Gasteiger partial charge in [-0.2, -0.15) is 0 Å². The molecule has 0 spiro atoms. The Kier molecular flexibility index (Phi) is 5.56. The van der Waals surface area contributed by atoms with Gasteiger partial charge in [-0.05, 0) is 60.9 Å². The van der Waals surface area contributed by atoms with Crippen molar-refractivity contribution in [2.24, 2.45) is 5.14 Å². The Morgan fingerprint density at radius 1 is 1.19 bits per heavy atom. The van der Waals surface area contributed by atoms with Gasteiger partial charge in [0, 0.05) is 29.3 Å². The number of rotatable bonds is 4. The molecule has 1 aromatic carbocycles. The molecule has 0 atom stereocenters. The lowest BCUT2D eigenvalue weighted by Gasteiger charge is -2.27. The molecule has 0 radical (unpaired) electrons. The molecular weight excluding hydrogens is 440 g/mol. The van der Waals surface area contributed by atoms with E-state index in [1.807, 2.05) is 6.92 Å². The molecule has 0 saturated carbocycles. The number of sulfonamides is 1. The zero-order valence-corrected chi connectivity index (χ0v) is 18.2. The van der Waals surface area contributed by atoms with E-state index in [1.165, 1.54) is 12.3 Å². The lowest BCUT2D eigenvalue weighted by atomic mass is 10.1. The summed E-state index contributed by atoms with van der Waals surface area (Å²) in [4.78, 5) is 27.4. The molecule has 3 amide bonds. The van der Waals surface area contributed by atoms with Gasteiger partial charge in [0.2, 0.25) is 10.0 Å². The minimum atomic E-state index is -3.75. The number of nitrogens with one attached hydrogen (secondary N) is 2. The summed E-state index contributed by atoms with van der Waals surface area (Å²) in [7, 11) is -3.75. The van der Waals surface area contributed by atoms with Gasteiger partial charge in [0.1, 0.15) is 4.21 Å². The number of amides is 3. The largest absolute Gasteiger partial charge is 0.459 e. The van der Waals surface area contributed by atoms with E-state index >= 15 is 0 Å². The topological polar surface area (TPSA) is 135 Å². The van der Waals surface area contributed by atoms with E-state index in [4.69, 9.17) is 9.56 Å². The smallest absolute Gasteiger partial charge is 0.322 e. The van der Waals surface area contributed by atoms with Crippen LogP contribution in [0.4, 0.5) is 16.2 Å². The average Bonchev–Trinajstić information content (AvgIpc) is 3.39. The third kappa shape index (κ3) is 4.63. The summed E-state index contributed by atoms with van der Waals surface area (Å²) < 4.78 is 28.3. The monoisotopic (exact) mass is 460 g/mol. The van der Waals surface area contributed by atoms with Gasteiger partial charge in [0.05, 0.1) is 6.26 Å². The van der Waals surface area contributed by atoms with Crippen LogP contribution in [0, 0.1) is 6.92 Å². The van der Waals surface area contributed by atoms with Crippen LogP contribution < -0.4 is 15.8 Å². The quantitative estimate of drug-likeness (QED) is 0.550. The van der Waals surface area contributed by atoms with Crippen molar-refractivity contribution in [3.8, 4) is 0 Å². The van der Waals surface area contributed by atoms with Crippen molar-refractivity contribution in [3.63, 3.8) is 0 Å². The summed E-state index contributed by atoms with van der Waals surface area (Å²) in [6.45, 7) is 2.60. The van der Waals surface area contributed by atoms with Crippen LogP contribution >= 0.6 is 11.3 Å². The Morgan fingerprint density at radius 2 is 2.00 bits per heavy atom. The third-order valence-electron chi connectivity index (χ3n) is 4.88. The number of carbonyl (C=O) groups is 2. The number of nitrogens with zero attached hydrogens (tertiary/aromatic N) is 1. The Labute approximate surface area is 182 Å². The first-order valence-electron chi connectivity index (χ1n) is 9.36. The van der Waals surface area contributed by atoms with Gasteiger partial charge in [-0.15, -0.1) is 11.3 Å². The molecule has 162 valence electrons. The highest BCUT2D eigenvalue weighted by Crippen LogP contribution is 2.30. The SMILES string of the molecule is Cc1cc(NC(=O)N2CCc3sc(S(N)(=O)=O)cc3C2)ccc1NC(=O)c1ccco1. The Hall–Kier alpha value is -3.15. The number of primary sulfonamides is 1. The van der Waals surface area contributed by atoms with Crippen LogP contribution in [-0.4, -0.2) is 31.8 Å². The standard InChI is InChI=1S/C20H20N4O5S2/c1-12-9-14(4-5-15(12)23-19(25)16-3-2-8-29-16)22-20(26)24-7-6-17-13(11-24)10-18(30-17)31(21,27)28/h2-5,8-10H,6-7,11H2,1H3,(H,22,26)(H,23,25)(H2,21,27,28). The second-order valence-corrected chi connectivity index (χ2v) is 10.0. The maximum atomic E-state index is 12.7. The Bertz CT molecular complexity index is 1250. The van der Waals surface area contributed by atoms with Gasteiger partial charge in [-0.1, -0.05) is 0 Å². The zero-order valence-electron chi connectivity index (χ0n) is 16.5. The number of aryl methyl sites for hydroxylation is 1. The van der Waals surface area contributed by atoms with E-state index in [-0.39, 0.29) is 21.9 Å². The van der Waals surface area contributed by atoms with E-state index in [2.05, 4.69) is 10.6 Å². The predicted molar refractivity (Wildman–Crippen MR) is 117 cm³/mol. The summed E-state index contributed by atoms with van der Waals surface area (Å²) in [5.74, 6) is -0.149. The summed E-state index contributed by atoms with van der Waals surface area (Å²) in [5, 5.41) is 10.8. The van der Waals surface area contributed by atoms with Gasteiger partial charge in [-0.25, -0.2) is 18.4 Å². The number of hydrogen-bond acceptors (Lipinski definition) is 6. The fourth-order valence-electron chi connectivity index (χ4n) is 3.30. The minimum absolute atomic E-state index is 0.113. The second-order valence-electron chi connectivity index (χ2n) is 7.12. The van der Waals surface area contributed by atoms with E-state index < -0.39 is 10.0 Å². The number of urea groups is 1. The van der Waals surface area contributed by atoms with Crippen molar-refractivity contribution in [3.05, 3.63) is 64.4 Å². The van der Waals surface area contributed by atoms with Gasteiger partial charge in [-0.3, -0.25) is 4.79 Å². The van der Waals surface area contributed by atoms with Crippen LogP contribution in [-0.2, 0) is 23.0 Å². The van der Waals surface area contributed by atoms with Crippen molar-refractivity contribution in [1.29, 1.82) is 0 Å². The van der Waals surface area contributed by atoms with Crippen LogP contribution in [0.3, 0.4) is 0 Å². The van der Waals surface area contributed by atoms with Gasteiger partial charge >= 0.3 is 6.03 Å². The van der Waals surface area contributed by atoms with Crippen LogP contribution in [0.5, 0.6) is 0 Å². The molecule has 4 N–H and O–H groups in total. The van der Waals surface area contributed by atoms with Crippen molar-refractivity contribution in [1.82, 2.24) is 4.90 Å². The van der Waals surface area contributed by atoms with Crippen molar-refractivity contribution >= 4 is 44.7 Å². The van der Waals surface area contributed by atoms with Crippen molar-refractivity contribution in [2.75, 3.05) is 17.2 Å². The molecule has 1 aliphatic heterocycles. The first-order valence-corrected chi connectivity index (χ1v) is 11.7. The highest BCUT2D eigenvalue weighted by Gasteiger charge is 2.25. The fraction of sp³-hybridized carbons (Fsp3) is 0.200. The van der Waals surface area contributed by atoms with E-state index in [0.29, 0.717) is 30.9 Å². The van der Waals surface area contributed by atoms with Gasteiger partial charge in [0.25, 0.3) is 5.91 Å². The van der Waals surface area contributed by atoms with E-state index in [9.17, 15) is 18.0 Å². The number of furan rings is 1. The van der Waals surface area contributed by atoms with Gasteiger partial charge in [0.15, 0.2) is 5.76 Å². The lowest BCUT2D eigenvalue weighted by molar-refractivity contribution is 0.0996. The zero-order chi connectivity index (χ0) is 22.2. The molecule has 11 heteroatoms. The van der Waals surface area contributed by atoms with Crippen LogP contribution in [0.15, 0.2) is 51.3 Å². The van der Waals surface area contributed by atoms with Gasteiger partial charge < -0.3 is 20.0 Å². The molecule has 4 rings (SSSR count). The molecular formula is C20H20N4O5S2. The highest BCUT2D eigenvalue weighted by molar-refractivity contribution is 7.91. The number of fused-ring (bicyclic) bond motifs is 1. The molecule has 2 aromatic heterocycles. The Morgan fingerprint density at radius 3 is 2.68 bits per heavy atom. The van der Waals surface area contributed by atoms with Crippen LogP contribution in [0.25, 0.3) is 0 Å². The number of nitrogens with two attached hydrogens (primary N) is 1. The number of benzene rings is 1. The maximum Gasteiger partial charge on any atom is 0.322 e. The second kappa shape index (κ2) is 8.17. The molecule has 31 heavy (non-hydrogen) atoms. The van der Waals surface area contributed by atoms with Crippen LogP contribution in [0.1, 0.15) is 26.6 Å². The van der Waals surface area contributed by atoms with E-state index in [0.717, 1.165) is 27.3 Å². The number of anilines is 2. The molecule has 3 heterocycles. The van der Waals surface area contributed by atoms with Crippen LogP contribution in [0.2, 0.25) is 0 Å². The molecule has 3 aromatic rings. The normalized spacial score (nSPS) is 13.5. The predicted octanol–water partition coefficient (Wildman–Crippen LogP) is 3.14. The maximum absolute atomic E-state index is 12.7. The summed E-state index contributed by atoms with van der Waals surface area (Å²) >= 11 is 1.15. The summed E-state index contributed by atoms with van der Waals surface area (Å²) in [6, 6.07) is 9.61.